The van der Waals surface area contributed by atoms with Gasteiger partial charge in [-0.3, -0.25) is 14.7 Å². The summed E-state index contributed by atoms with van der Waals surface area (Å²) in [7, 11) is 1.58. The van der Waals surface area contributed by atoms with E-state index in [0.29, 0.717) is 17.9 Å². The molecule has 136 valence electrons. The smallest absolute Gasteiger partial charge is 0.325 e. The third-order valence-corrected chi connectivity index (χ3v) is 5.23. The van der Waals surface area contributed by atoms with Gasteiger partial charge in [0.05, 0.1) is 19.3 Å². The number of ether oxygens (including phenoxy) is 1. The molecule has 2 fully saturated rings. The summed E-state index contributed by atoms with van der Waals surface area (Å²) in [6, 6.07) is 3.18. The van der Waals surface area contributed by atoms with Crippen molar-refractivity contribution in [3.05, 3.63) is 24.0 Å². The Bertz CT molecular complexity index is 645. The van der Waals surface area contributed by atoms with Crippen molar-refractivity contribution >= 4 is 11.9 Å². The molecule has 3 amide bonds. The number of methoxy groups -OCH3 is 1. The highest BCUT2D eigenvalue weighted by molar-refractivity contribution is 6.07. The molecule has 0 radical (unpaired) electrons. The maximum absolute atomic E-state index is 13.2. The minimum Gasteiger partial charge on any atom is -0.497 e. The highest BCUT2D eigenvalue weighted by atomic mass is 16.5. The van der Waals surface area contributed by atoms with Gasteiger partial charge in [-0.05, 0) is 44.3 Å². The second-order valence-electron chi connectivity index (χ2n) is 6.75. The second-order valence-corrected chi connectivity index (χ2v) is 6.75. The zero-order chi connectivity index (χ0) is 17.9. The molecule has 1 aromatic rings. The molecular formula is C18H26N4O3. The van der Waals surface area contributed by atoms with Gasteiger partial charge >= 0.3 is 6.03 Å². The van der Waals surface area contributed by atoms with Crippen LogP contribution in [0.4, 0.5) is 4.79 Å². The summed E-state index contributed by atoms with van der Waals surface area (Å²) in [6.07, 6.45) is 4.94. The van der Waals surface area contributed by atoms with E-state index in [4.69, 9.17) is 4.74 Å². The van der Waals surface area contributed by atoms with Crippen LogP contribution in [0.5, 0.6) is 5.75 Å². The third kappa shape index (κ3) is 3.33. The summed E-state index contributed by atoms with van der Waals surface area (Å²) in [5.41, 5.74) is -0.132. The van der Waals surface area contributed by atoms with Crippen LogP contribution in [-0.2, 0) is 11.3 Å². The largest absolute Gasteiger partial charge is 0.497 e. The Morgan fingerprint density at radius 2 is 2.12 bits per heavy atom. The maximum Gasteiger partial charge on any atom is 0.325 e. The molecular weight excluding hydrogens is 320 g/mol. The number of carbonyl (C=O) groups is 2. The van der Waals surface area contributed by atoms with Crippen LogP contribution < -0.4 is 15.4 Å². The number of rotatable bonds is 6. The fraction of sp³-hybridized carbons (Fsp3) is 0.611. The van der Waals surface area contributed by atoms with E-state index in [2.05, 4.69) is 22.5 Å². The Hall–Kier alpha value is -2.15. The molecule has 3 heterocycles. The van der Waals surface area contributed by atoms with Gasteiger partial charge in [0.15, 0.2) is 0 Å². The molecule has 2 aliphatic rings. The molecule has 2 N–H and O–H groups in total. The van der Waals surface area contributed by atoms with Crippen LogP contribution in [0.1, 0.15) is 38.3 Å². The molecule has 0 unspecified atom stereocenters. The number of hydrogen-bond donors (Lipinski definition) is 2. The first-order valence-electron chi connectivity index (χ1n) is 8.94. The zero-order valence-corrected chi connectivity index (χ0v) is 14.9. The molecule has 1 atom stereocenters. The van der Waals surface area contributed by atoms with Crippen molar-refractivity contribution in [1.82, 2.24) is 20.5 Å². The van der Waals surface area contributed by atoms with E-state index in [9.17, 15) is 9.59 Å². The van der Waals surface area contributed by atoms with Crippen molar-refractivity contribution < 1.29 is 14.3 Å². The van der Waals surface area contributed by atoms with Gasteiger partial charge in [0.25, 0.3) is 5.91 Å². The van der Waals surface area contributed by atoms with Crippen molar-refractivity contribution in [2.75, 3.05) is 20.2 Å². The monoisotopic (exact) mass is 346 g/mol. The average molecular weight is 346 g/mol. The van der Waals surface area contributed by atoms with Crippen LogP contribution in [0.25, 0.3) is 0 Å². The number of amides is 3. The van der Waals surface area contributed by atoms with Crippen molar-refractivity contribution in [3.63, 3.8) is 0 Å². The Kier molecular flexibility index (Phi) is 5.22. The third-order valence-electron chi connectivity index (χ3n) is 5.23. The van der Waals surface area contributed by atoms with Crippen LogP contribution in [-0.4, -0.2) is 47.6 Å². The molecule has 3 rings (SSSR count). The number of pyridine rings is 1. The zero-order valence-electron chi connectivity index (χ0n) is 14.9. The summed E-state index contributed by atoms with van der Waals surface area (Å²) in [4.78, 5) is 31.4. The van der Waals surface area contributed by atoms with Crippen LogP contribution >= 0.6 is 0 Å². The highest BCUT2D eigenvalue weighted by Gasteiger charge is 2.54. The van der Waals surface area contributed by atoms with E-state index in [1.54, 1.807) is 25.4 Å². The van der Waals surface area contributed by atoms with Gasteiger partial charge in [0.2, 0.25) is 0 Å². The number of aromatic nitrogens is 1. The van der Waals surface area contributed by atoms with Gasteiger partial charge in [0.1, 0.15) is 11.3 Å². The number of imide groups is 1. The van der Waals surface area contributed by atoms with Gasteiger partial charge < -0.3 is 15.4 Å². The molecule has 7 nitrogen and oxygen atoms in total. The quantitative estimate of drug-likeness (QED) is 0.766. The van der Waals surface area contributed by atoms with Gasteiger partial charge in [0, 0.05) is 12.3 Å². The molecule has 2 saturated heterocycles. The van der Waals surface area contributed by atoms with Crippen LogP contribution in [0.15, 0.2) is 18.3 Å². The Labute approximate surface area is 148 Å². The van der Waals surface area contributed by atoms with Gasteiger partial charge in [-0.25, -0.2) is 4.79 Å². The van der Waals surface area contributed by atoms with Gasteiger partial charge in [-0.15, -0.1) is 0 Å². The number of hydrogen-bond acceptors (Lipinski definition) is 5. The minimum atomic E-state index is -0.771. The maximum atomic E-state index is 13.2. The van der Waals surface area contributed by atoms with Crippen LogP contribution in [0, 0.1) is 5.92 Å². The molecule has 0 aromatic carbocycles. The first-order chi connectivity index (χ1) is 12.1. The first kappa shape index (κ1) is 17.7. The Morgan fingerprint density at radius 3 is 2.80 bits per heavy atom. The summed E-state index contributed by atoms with van der Waals surface area (Å²) < 4.78 is 5.20. The van der Waals surface area contributed by atoms with E-state index >= 15 is 0 Å². The lowest BCUT2D eigenvalue weighted by atomic mass is 9.75. The summed E-state index contributed by atoms with van der Waals surface area (Å²) in [6.45, 7) is 3.99. The fourth-order valence-corrected chi connectivity index (χ4v) is 3.98. The van der Waals surface area contributed by atoms with Crippen molar-refractivity contribution in [2.45, 2.75) is 44.7 Å². The number of urea groups is 1. The molecule has 2 aliphatic heterocycles. The molecule has 0 spiro atoms. The fourth-order valence-electron chi connectivity index (χ4n) is 3.98. The number of nitrogens with zero attached hydrogens (tertiary/aromatic N) is 2. The van der Waals surface area contributed by atoms with E-state index in [-0.39, 0.29) is 24.4 Å². The Balaban J connectivity index is 1.83. The normalized spacial score (nSPS) is 24.5. The predicted octanol–water partition coefficient (Wildman–Crippen LogP) is 1.68. The SMILES string of the molecule is CCC[C@]1(C2CCNCC2)NC(=O)N(Cc2cc(OC)ccn2)C1=O. The van der Waals surface area contributed by atoms with E-state index in [1.807, 2.05) is 0 Å². The van der Waals surface area contributed by atoms with Crippen LogP contribution in [0.3, 0.4) is 0 Å². The predicted molar refractivity (Wildman–Crippen MR) is 93.1 cm³/mol. The summed E-state index contributed by atoms with van der Waals surface area (Å²) in [5.74, 6) is 0.722. The van der Waals surface area contributed by atoms with Gasteiger partial charge in [-0.2, -0.15) is 0 Å². The van der Waals surface area contributed by atoms with E-state index in [1.165, 1.54) is 4.90 Å². The van der Waals surface area contributed by atoms with E-state index in [0.717, 1.165) is 32.4 Å². The molecule has 0 aliphatic carbocycles. The average Bonchev–Trinajstić information content (AvgIpc) is 2.88. The molecule has 0 saturated carbocycles. The summed E-state index contributed by atoms with van der Waals surface area (Å²) in [5, 5.41) is 6.36. The lowest BCUT2D eigenvalue weighted by Crippen LogP contribution is -2.55. The minimum absolute atomic E-state index is 0.115. The molecule has 25 heavy (non-hydrogen) atoms. The van der Waals surface area contributed by atoms with Crippen molar-refractivity contribution in [2.24, 2.45) is 5.92 Å². The summed E-state index contributed by atoms with van der Waals surface area (Å²) >= 11 is 0. The topological polar surface area (TPSA) is 83.6 Å². The standard InChI is InChI=1S/C18H26N4O3/c1-3-7-18(13-4-8-19-9-5-13)16(23)22(17(24)21-18)12-14-11-15(25-2)6-10-20-14/h6,10-11,13,19H,3-5,7-9,12H2,1-2H3,(H,21,24)/t18-/m1/s1. The van der Waals surface area contributed by atoms with Crippen LogP contribution in [0.2, 0.25) is 0 Å². The molecule has 0 bridgehead atoms. The second kappa shape index (κ2) is 7.39. The van der Waals surface area contributed by atoms with Gasteiger partial charge in [-0.1, -0.05) is 13.3 Å². The number of nitrogens with one attached hydrogen (secondary N) is 2. The Morgan fingerprint density at radius 1 is 1.36 bits per heavy atom. The number of piperidine rings is 1. The van der Waals surface area contributed by atoms with Crippen molar-refractivity contribution in [3.8, 4) is 5.75 Å². The lowest BCUT2D eigenvalue weighted by Gasteiger charge is -2.37. The van der Waals surface area contributed by atoms with Crippen molar-refractivity contribution in [1.29, 1.82) is 0 Å². The highest BCUT2D eigenvalue weighted by Crippen LogP contribution is 2.36. The first-order valence-corrected chi connectivity index (χ1v) is 8.94. The lowest BCUT2D eigenvalue weighted by molar-refractivity contribution is -0.134. The number of carbonyl (C=O) groups excluding carboxylic acids is 2. The molecule has 7 heteroatoms. The van der Waals surface area contributed by atoms with E-state index < -0.39 is 5.54 Å². The molecule has 1 aromatic heterocycles.